The molecule has 0 saturated heterocycles. The van der Waals surface area contributed by atoms with Crippen molar-refractivity contribution in [3.05, 3.63) is 89.3 Å². The third-order valence-electron chi connectivity index (χ3n) is 10.6. The molecule has 49 heavy (non-hydrogen) atoms. The SMILES string of the molecule is CC(C)c1cc(-c2nccc3c2sc2c4c(ccc23)C(C)(C)CC4(C)C)[c-]c2ccccc12.CCC(CC)C(=O)/C=C(\O)C(CC)CC.[Ir]. The summed E-state index contributed by atoms with van der Waals surface area (Å²) >= 11 is 1.93. The van der Waals surface area contributed by atoms with Gasteiger partial charge in [0, 0.05) is 64.7 Å². The van der Waals surface area contributed by atoms with Crippen LogP contribution >= 0.6 is 11.3 Å². The number of aliphatic hydroxyl groups excluding tert-OH is 1. The van der Waals surface area contributed by atoms with E-state index in [0.717, 1.165) is 36.9 Å². The molecule has 1 aliphatic carbocycles. The fraction of sp³-hybridized carbons (Fsp3) is 0.455. The maximum atomic E-state index is 11.7. The third kappa shape index (κ3) is 7.60. The number of ketones is 1. The molecule has 1 aliphatic rings. The molecule has 0 spiro atoms. The number of carbonyl (C=O) groups is 1. The van der Waals surface area contributed by atoms with Gasteiger partial charge in [0.2, 0.25) is 0 Å². The van der Waals surface area contributed by atoms with E-state index in [9.17, 15) is 9.90 Å². The summed E-state index contributed by atoms with van der Waals surface area (Å²) in [6.45, 7) is 22.2. The molecule has 2 aromatic heterocycles. The van der Waals surface area contributed by atoms with Crippen molar-refractivity contribution in [3.63, 3.8) is 0 Å². The zero-order valence-corrected chi connectivity index (χ0v) is 34.3. The molecule has 0 atom stereocenters. The fourth-order valence-electron chi connectivity index (χ4n) is 8.13. The summed E-state index contributed by atoms with van der Waals surface area (Å²) in [5, 5.41) is 14.9. The zero-order chi connectivity index (χ0) is 35.0. The topological polar surface area (TPSA) is 50.2 Å². The van der Waals surface area contributed by atoms with Gasteiger partial charge in [0.1, 0.15) is 0 Å². The predicted molar refractivity (Wildman–Crippen MR) is 208 cm³/mol. The minimum absolute atomic E-state index is 0. The molecule has 0 amide bonds. The normalized spacial score (nSPS) is 15.2. The van der Waals surface area contributed by atoms with Gasteiger partial charge >= 0.3 is 0 Å². The van der Waals surface area contributed by atoms with E-state index in [1.807, 2.05) is 45.2 Å². The molecular weight excluding hydrogens is 799 g/mol. The molecule has 2 heterocycles. The van der Waals surface area contributed by atoms with Crippen LogP contribution in [0.3, 0.4) is 0 Å². The Labute approximate surface area is 312 Å². The van der Waals surface area contributed by atoms with Crippen molar-refractivity contribution in [2.75, 3.05) is 0 Å². The molecule has 3 aromatic carbocycles. The van der Waals surface area contributed by atoms with Crippen LogP contribution in [0, 0.1) is 17.9 Å². The number of hydrogen-bond donors (Lipinski definition) is 1. The molecule has 1 N–H and O–H groups in total. The van der Waals surface area contributed by atoms with Gasteiger partial charge in [0.25, 0.3) is 0 Å². The largest absolute Gasteiger partial charge is 0.512 e. The van der Waals surface area contributed by atoms with Crippen molar-refractivity contribution in [1.29, 1.82) is 0 Å². The minimum atomic E-state index is 0. The first kappa shape index (κ1) is 38.9. The number of rotatable bonds is 9. The second-order valence-corrected chi connectivity index (χ2v) is 16.3. The summed E-state index contributed by atoms with van der Waals surface area (Å²) in [6.07, 6.45) is 8.07. The molecule has 0 fully saturated rings. The Morgan fingerprint density at radius 2 is 1.51 bits per heavy atom. The second-order valence-electron chi connectivity index (χ2n) is 15.3. The van der Waals surface area contributed by atoms with Gasteiger partial charge in [-0.25, -0.2) is 0 Å². The number of fused-ring (bicyclic) bond motifs is 6. The molecular formula is C44H54IrNO2S-. The average Bonchev–Trinajstić information content (AvgIpc) is 3.52. The monoisotopic (exact) mass is 853 g/mol. The number of nitrogens with zero attached hydrogens (tertiary/aromatic N) is 1. The van der Waals surface area contributed by atoms with Crippen LogP contribution in [0.25, 0.3) is 42.2 Å². The maximum absolute atomic E-state index is 11.7. The predicted octanol–water partition coefficient (Wildman–Crippen LogP) is 13.0. The van der Waals surface area contributed by atoms with E-state index < -0.39 is 0 Å². The Morgan fingerprint density at radius 3 is 2.14 bits per heavy atom. The van der Waals surface area contributed by atoms with Gasteiger partial charge in [-0.1, -0.05) is 111 Å². The Balaban J connectivity index is 0.000000290. The first-order valence-corrected chi connectivity index (χ1v) is 18.8. The second kappa shape index (κ2) is 15.6. The summed E-state index contributed by atoms with van der Waals surface area (Å²) in [5.74, 6) is 0.988. The van der Waals surface area contributed by atoms with Gasteiger partial charge in [-0.15, -0.1) is 40.5 Å². The van der Waals surface area contributed by atoms with Crippen molar-refractivity contribution in [3.8, 4) is 11.3 Å². The Hall–Kier alpha value is -2.85. The van der Waals surface area contributed by atoms with Crippen LogP contribution in [-0.2, 0) is 35.7 Å². The van der Waals surface area contributed by atoms with Crippen LogP contribution < -0.4 is 0 Å². The van der Waals surface area contributed by atoms with Gasteiger partial charge in [0.05, 0.1) is 5.76 Å². The van der Waals surface area contributed by atoms with Crippen molar-refractivity contribution < 1.29 is 30.0 Å². The molecule has 5 aromatic rings. The number of thiophene rings is 1. The molecule has 0 saturated carbocycles. The van der Waals surface area contributed by atoms with Crippen LogP contribution in [0.2, 0.25) is 0 Å². The van der Waals surface area contributed by atoms with E-state index in [0.29, 0.717) is 5.92 Å². The number of benzene rings is 3. The van der Waals surface area contributed by atoms with Gasteiger partial charge < -0.3 is 5.11 Å². The summed E-state index contributed by atoms with van der Waals surface area (Å²) in [5.41, 5.74) is 6.97. The van der Waals surface area contributed by atoms with Crippen LogP contribution in [0.15, 0.2) is 66.6 Å². The number of allylic oxidation sites excluding steroid dienone is 2. The number of hydrogen-bond acceptors (Lipinski definition) is 4. The van der Waals surface area contributed by atoms with Gasteiger partial charge in [-0.3, -0.25) is 9.78 Å². The first-order chi connectivity index (χ1) is 22.8. The van der Waals surface area contributed by atoms with Gasteiger partial charge in [0.15, 0.2) is 5.78 Å². The van der Waals surface area contributed by atoms with Crippen molar-refractivity contribution in [2.24, 2.45) is 11.8 Å². The Morgan fingerprint density at radius 1 is 0.878 bits per heavy atom. The van der Waals surface area contributed by atoms with Crippen LogP contribution in [0.1, 0.15) is 124 Å². The first-order valence-electron chi connectivity index (χ1n) is 18.0. The molecule has 6 rings (SSSR count). The summed E-state index contributed by atoms with van der Waals surface area (Å²) < 4.78 is 2.72. The molecule has 0 aliphatic heterocycles. The number of aromatic nitrogens is 1. The van der Waals surface area contributed by atoms with Gasteiger partial charge in [-0.05, 0) is 71.4 Å². The van der Waals surface area contributed by atoms with E-state index in [2.05, 4.69) is 96.1 Å². The number of carbonyl (C=O) groups excluding carboxylic acids is 1. The molecule has 0 unspecified atom stereocenters. The van der Waals surface area contributed by atoms with E-state index in [1.54, 1.807) is 5.56 Å². The smallest absolute Gasteiger partial charge is 0.162 e. The van der Waals surface area contributed by atoms with Crippen LogP contribution in [-0.4, -0.2) is 15.9 Å². The van der Waals surface area contributed by atoms with E-state index in [4.69, 9.17) is 4.98 Å². The summed E-state index contributed by atoms with van der Waals surface area (Å²) in [6, 6.07) is 21.6. The molecule has 1 radical (unpaired) electrons. The fourth-order valence-corrected chi connectivity index (χ4v) is 9.65. The van der Waals surface area contributed by atoms with Crippen molar-refractivity contribution >= 4 is 48.1 Å². The van der Waals surface area contributed by atoms with E-state index >= 15 is 0 Å². The maximum Gasteiger partial charge on any atom is 0.162 e. The summed E-state index contributed by atoms with van der Waals surface area (Å²) in [4.78, 5) is 16.6. The van der Waals surface area contributed by atoms with Crippen molar-refractivity contribution in [1.82, 2.24) is 4.98 Å². The Bertz CT molecular complexity index is 1970. The molecule has 3 nitrogen and oxygen atoms in total. The molecule has 0 bridgehead atoms. The molecule has 263 valence electrons. The van der Waals surface area contributed by atoms with Crippen LogP contribution in [0.4, 0.5) is 0 Å². The Kier molecular flexibility index (Phi) is 12.4. The van der Waals surface area contributed by atoms with E-state index in [1.165, 1.54) is 54.6 Å². The zero-order valence-electron chi connectivity index (χ0n) is 31.1. The standard InChI is InChI=1S/C31H30NS.C13H24O2.Ir/c1-18(2)24-16-20(15-19-9-7-8-10-21(19)24)27-29-23(13-14-32-27)22-11-12-25-26(28(22)33-29)31(5,6)17-30(25,3)4;1-5-10(6-2)12(14)9-13(15)11(7-3)8-4;/h7-14,16,18H,17H2,1-6H3;9-11,14H,5-8H2,1-4H3;/q-1;;/b;12-9-;. The van der Waals surface area contributed by atoms with Gasteiger partial charge in [-0.2, -0.15) is 0 Å². The third-order valence-corrected chi connectivity index (χ3v) is 11.9. The average molecular weight is 853 g/mol. The number of pyridine rings is 1. The summed E-state index contributed by atoms with van der Waals surface area (Å²) in [7, 11) is 0. The van der Waals surface area contributed by atoms with E-state index in [-0.39, 0.29) is 54.3 Å². The number of aliphatic hydroxyl groups is 1. The quantitative estimate of drug-likeness (QED) is 0.0913. The minimum Gasteiger partial charge on any atom is -0.512 e. The van der Waals surface area contributed by atoms with Crippen LogP contribution in [0.5, 0.6) is 0 Å². The van der Waals surface area contributed by atoms with Crippen molar-refractivity contribution in [2.45, 2.75) is 118 Å². The molecule has 5 heteroatoms.